The molecule has 1 aromatic carbocycles. The Kier molecular flexibility index (Phi) is 2.59. The molecule has 0 atom stereocenters. The molecule has 1 fully saturated rings. The van der Waals surface area contributed by atoms with Crippen molar-refractivity contribution in [1.29, 1.82) is 5.26 Å². The van der Waals surface area contributed by atoms with Crippen LogP contribution < -0.4 is 4.90 Å². The number of fused-ring (bicyclic) bond motifs is 1. The van der Waals surface area contributed by atoms with E-state index in [1.807, 2.05) is 23.1 Å². The molecule has 2 aliphatic rings. The Balaban J connectivity index is 1.95. The molecule has 3 heteroatoms. The predicted molar refractivity (Wildman–Crippen MR) is 69.0 cm³/mol. The Morgan fingerprint density at radius 2 is 2.06 bits per heavy atom. The third-order valence-corrected chi connectivity index (χ3v) is 4.19. The highest BCUT2D eigenvalue weighted by atomic mass is 16.2. The van der Waals surface area contributed by atoms with Gasteiger partial charge in [0.15, 0.2) is 0 Å². The van der Waals surface area contributed by atoms with Gasteiger partial charge in [-0.3, -0.25) is 4.79 Å². The van der Waals surface area contributed by atoms with Crippen molar-refractivity contribution in [2.24, 2.45) is 5.41 Å². The minimum absolute atomic E-state index is 0.0170. The van der Waals surface area contributed by atoms with E-state index in [1.165, 1.54) is 5.56 Å². The Morgan fingerprint density at radius 3 is 2.72 bits per heavy atom. The average molecular weight is 240 g/mol. The van der Waals surface area contributed by atoms with Crippen LogP contribution in [0.4, 0.5) is 5.69 Å². The van der Waals surface area contributed by atoms with E-state index in [4.69, 9.17) is 0 Å². The van der Waals surface area contributed by atoms with Crippen molar-refractivity contribution in [3.8, 4) is 6.07 Å². The number of para-hydroxylation sites is 1. The van der Waals surface area contributed by atoms with E-state index in [2.05, 4.69) is 12.1 Å². The number of carbonyl (C=O) groups excluding carboxylic acids is 1. The number of nitriles is 1. The van der Waals surface area contributed by atoms with Crippen LogP contribution in [0.1, 0.15) is 31.2 Å². The lowest BCUT2D eigenvalue weighted by atomic mass is 9.68. The Hall–Kier alpha value is -1.82. The summed E-state index contributed by atoms with van der Waals surface area (Å²) < 4.78 is 0. The van der Waals surface area contributed by atoms with E-state index in [1.54, 1.807) is 0 Å². The number of nitrogens with zero attached hydrogens (tertiary/aromatic N) is 2. The zero-order valence-electron chi connectivity index (χ0n) is 10.4. The maximum Gasteiger partial charge on any atom is 0.247 e. The van der Waals surface area contributed by atoms with Crippen molar-refractivity contribution in [3.05, 3.63) is 29.8 Å². The van der Waals surface area contributed by atoms with Crippen LogP contribution in [-0.4, -0.2) is 12.5 Å². The minimum Gasteiger partial charge on any atom is -0.311 e. The van der Waals surface area contributed by atoms with Crippen LogP contribution in [0, 0.1) is 16.7 Å². The van der Waals surface area contributed by atoms with Gasteiger partial charge in [0.2, 0.25) is 5.91 Å². The summed E-state index contributed by atoms with van der Waals surface area (Å²) in [5.41, 5.74) is 1.50. The summed E-state index contributed by atoms with van der Waals surface area (Å²) in [7, 11) is 0. The number of rotatable bonds is 1. The van der Waals surface area contributed by atoms with Crippen molar-refractivity contribution in [2.75, 3.05) is 11.4 Å². The number of anilines is 1. The lowest BCUT2D eigenvalue weighted by molar-refractivity contribution is -0.129. The molecule has 92 valence electrons. The summed E-state index contributed by atoms with van der Waals surface area (Å²) in [6, 6.07) is 10.3. The second kappa shape index (κ2) is 4.13. The van der Waals surface area contributed by atoms with E-state index >= 15 is 0 Å². The highest BCUT2D eigenvalue weighted by Crippen LogP contribution is 2.43. The maximum absolute atomic E-state index is 12.6. The van der Waals surface area contributed by atoms with Gasteiger partial charge in [0, 0.05) is 12.2 Å². The quantitative estimate of drug-likeness (QED) is 0.757. The summed E-state index contributed by atoms with van der Waals surface area (Å²) in [4.78, 5) is 14.4. The van der Waals surface area contributed by atoms with E-state index in [9.17, 15) is 10.1 Å². The molecule has 3 nitrogen and oxygen atoms in total. The SMILES string of the molecule is N#CC1(C(=O)N2CCCc3ccccc32)CCC1. The van der Waals surface area contributed by atoms with Crippen LogP contribution in [0.15, 0.2) is 24.3 Å². The van der Waals surface area contributed by atoms with Gasteiger partial charge in [-0.15, -0.1) is 0 Å². The fraction of sp³-hybridized carbons (Fsp3) is 0.467. The number of hydrogen-bond donors (Lipinski definition) is 0. The van der Waals surface area contributed by atoms with Gasteiger partial charge in [0.1, 0.15) is 5.41 Å². The van der Waals surface area contributed by atoms with E-state index in [0.717, 1.165) is 44.3 Å². The average Bonchev–Trinajstić information content (AvgIpc) is 2.37. The number of benzene rings is 1. The van der Waals surface area contributed by atoms with Gasteiger partial charge >= 0.3 is 0 Å². The standard InChI is InChI=1S/C15H16N2O/c16-11-15(8-4-9-15)14(18)17-10-3-6-12-5-1-2-7-13(12)17/h1-2,5,7H,3-4,6,8-10H2. The van der Waals surface area contributed by atoms with Crippen LogP contribution in [-0.2, 0) is 11.2 Å². The molecule has 1 aliphatic carbocycles. The van der Waals surface area contributed by atoms with Gasteiger partial charge in [-0.2, -0.15) is 5.26 Å². The highest BCUT2D eigenvalue weighted by molar-refractivity contribution is 6.00. The first-order valence-electron chi connectivity index (χ1n) is 6.58. The van der Waals surface area contributed by atoms with E-state index < -0.39 is 5.41 Å². The zero-order valence-corrected chi connectivity index (χ0v) is 10.4. The molecule has 18 heavy (non-hydrogen) atoms. The highest BCUT2D eigenvalue weighted by Gasteiger charge is 2.47. The molecule has 0 bridgehead atoms. The van der Waals surface area contributed by atoms with Crippen LogP contribution in [0.25, 0.3) is 0 Å². The molecule has 1 aliphatic heterocycles. The van der Waals surface area contributed by atoms with Crippen molar-refractivity contribution in [2.45, 2.75) is 32.1 Å². The molecule has 1 aromatic rings. The fourth-order valence-electron chi connectivity index (χ4n) is 2.91. The van der Waals surface area contributed by atoms with Crippen molar-refractivity contribution in [1.82, 2.24) is 0 Å². The predicted octanol–water partition coefficient (Wildman–Crippen LogP) is 2.66. The number of carbonyl (C=O) groups is 1. The van der Waals surface area contributed by atoms with Gasteiger partial charge in [-0.25, -0.2) is 0 Å². The smallest absolute Gasteiger partial charge is 0.247 e. The maximum atomic E-state index is 12.6. The molecule has 0 spiro atoms. The summed E-state index contributed by atoms with van der Waals surface area (Å²) in [5, 5.41) is 9.29. The molecule has 3 rings (SSSR count). The largest absolute Gasteiger partial charge is 0.311 e. The van der Waals surface area contributed by atoms with E-state index in [0.29, 0.717) is 0 Å². The second-order valence-corrected chi connectivity index (χ2v) is 5.24. The van der Waals surface area contributed by atoms with Gasteiger partial charge in [0.25, 0.3) is 0 Å². The number of hydrogen-bond acceptors (Lipinski definition) is 2. The topological polar surface area (TPSA) is 44.1 Å². The summed E-state index contributed by atoms with van der Waals surface area (Å²) in [6.45, 7) is 0.749. The van der Waals surface area contributed by atoms with Crippen molar-refractivity contribution >= 4 is 11.6 Å². The minimum atomic E-state index is -0.732. The Bertz CT molecular complexity index is 526. The van der Waals surface area contributed by atoms with Gasteiger partial charge in [0.05, 0.1) is 6.07 Å². The van der Waals surface area contributed by atoms with Crippen LogP contribution in [0.3, 0.4) is 0 Å². The number of amides is 1. The van der Waals surface area contributed by atoms with Crippen LogP contribution in [0.5, 0.6) is 0 Å². The first kappa shape index (κ1) is 11.3. The molecular formula is C15H16N2O. The van der Waals surface area contributed by atoms with Crippen LogP contribution in [0.2, 0.25) is 0 Å². The normalized spacial score (nSPS) is 20.5. The zero-order chi connectivity index (χ0) is 12.6. The molecule has 0 saturated heterocycles. The molecule has 0 N–H and O–H groups in total. The second-order valence-electron chi connectivity index (χ2n) is 5.24. The Morgan fingerprint density at radius 1 is 1.28 bits per heavy atom. The third kappa shape index (κ3) is 1.53. The van der Waals surface area contributed by atoms with Gasteiger partial charge in [-0.1, -0.05) is 18.2 Å². The molecule has 1 saturated carbocycles. The monoisotopic (exact) mass is 240 g/mol. The molecular weight excluding hydrogens is 224 g/mol. The third-order valence-electron chi connectivity index (χ3n) is 4.19. The Labute approximate surface area is 107 Å². The summed E-state index contributed by atoms with van der Waals surface area (Å²) in [6.07, 6.45) is 4.46. The molecule has 0 radical (unpaired) electrons. The van der Waals surface area contributed by atoms with Crippen molar-refractivity contribution < 1.29 is 4.79 Å². The first-order chi connectivity index (χ1) is 8.77. The number of aryl methyl sites for hydroxylation is 1. The van der Waals surface area contributed by atoms with Crippen LogP contribution >= 0.6 is 0 Å². The molecule has 1 amide bonds. The van der Waals surface area contributed by atoms with E-state index in [-0.39, 0.29) is 5.91 Å². The van der Waals surface area contributed by atoms with Gasteiger partial charge < -0.3 is 4.90 Å². The molecule has 0 unspecified atom stereocenters. The van der Waals surface area contributed by atoms with Crippen molar-refractivity contribution in [3.63, 3.8) is 0 Å². The van der Waals surface area contributed by atoms with Gasteiger partial charge in [-0.05, 0) is 43.7 Å². The fourth-order valence-corrected chi connectivity index (χ4v) is 2.91. The lowest BCUT2D eigenvalue weighted by Crippen LogP contribution is -2.49. The summed E-state index contributed by atoms with van der Waals surface area (Å²) >= 11 is 0. The summed E-state index contributed by atoms with van der Waals surface area (Å²) in [5.74, 6) is 0.0170. The first-order valence-corrected chi connectivity index (χ1v) is 6.58. The molecule has 0 aromatic heterocycles. The molecule has 1 heterocycles. The lowest BCUT2D eigenvalue weighted by Gasteiger charge is -2.40.